The van der Waals surface area contributed by atoms with Crippen LogP contribution in [0.5, 0.6) is 0 Å². The SMILES string of the molecule is CN(C)CCCC(=O)c1[nH]c2ncnc(Nc3cnc4c(c3)C=NC4)c2c1Br. The molecule has 0 fully saturated rings. The van der Waals surface area contributed by atoms with E-state index in [2.05, 4.69) is 51.1 Å². The predicted molar refractivity (Wildman–Crippen MR) is 113 cm³/mol. The van der Waals surface area contributed by atoms with Crippen LogP contribution in [0.1, 0.15) is 34.6 Å². The van der Waals surface area contributed by atoms with Crippen molar-refractivity contribution in [1.29, 1.82) is 0 Å². The van der Waals surface area contributed by atoms with Crippen LogP contribution in [0.25, 0.3) is 11.0 Å². The van der Waals surface area contributed by atoms with Gasteiger partial charge in [0.2, 0.25) is 0 Å². The maximum atomic E-state index is 12.6. The molecule has 0 spiro atoms. The average Bonchev–Trinajstić information content (AvgIpc) is 3.26. The Hall–Kier alpha value is -2.65. The molecule has 0 saturated carbocycles. The molecular formula is C19H20BrN7O. The highest BCUT2D eigenvalue weighted by Gasteiger charge is 2.20. The topological polar surface area (TPSA) is 99.2 Å². The van der Waals surface area contributed by atoms with Crippen molar-refractivity contribution >= 4 is 50.5 Å². The minimum atomic E-state index is 0.0492. The van der Waals surface area contributed by atoms with Crippen molar-refractivity contribution < 1.29 is 4.79 Å². The summed E-state index contributed by atoms with van der Waals surface area (Å²) in [4.78, 5) is 35.1. The summed E-state index contributed by atoms with van der Waals surface area (Å²) < 4.78 is 0.677. The van der Waals surface area contributed by atoms with Crippen LogP contribution >= 0.6 is 15.9 Å². The number of ketones is 1. The number of hydrogen-bond donors (Lipinski definition) is 2. The zero-order chi connectivity index (χ0) is 19.7. The quantitative estimate of drug-likeness (QED) is 0.545. The summed E-state index contributed by atoms with van der Waals surface area (Å²) in [5, 5.41) is 4.03. The van der Waals surface area contributed by atoms with Crippen molar-refractivity contribution in [2.75, 3.05) is 26.0 Å². The third-order valence-electron chi connectivity index (χ3n) is 4.56. The molecule has 0 aliphatic carbocycles. The van der Waals surface area contributed by atoms with E-state index in [1.165, 1.54) is 6.33 Å². The molecule has 2 N–H and O–H groups in total. The molecule has 0 aromatic carbocycles. The van der Waals surface area contributed by atoms with Gasteiger partial charge in [-0.15, -0.1) is 0 Å². The average molecular weight is 442 g/mol. The van der Waals surface area contributed by atoms with Crippen molar-refractivity contribution in [2.24, 2.45) is 4.99 Å². The first-order valence-corrected chi connectivity index (χ1v) is 9.78. The Morgan fingerprint density at radius 2 is 2.18 bits per heavy atom. The Balaban J connectivity index is 1.62. The van der Waals surface area contributed by atoms with Crippen LogP contribution in [-0.2, 0) is 6.54 Å². The largest absolute Gasteiger partial charge is 0.338 e. The Bertz CT molecular complexity index is 1070. The van der Waals surface area contributed by atoms with Crippen LogP contribution in [0, 0.1) is 0 Å². The van der Waals surface area contributed by atoms with Crippen LogP contribution in [0.15, 0.2) is 28.1 Å². The number of rotatable bonds is 7. The summed E-state index contributed by atoms with van der Waals surface area (Å²) in [6.45, 7) is 1.49. The van der Waals surface area contributed by atoms with Crippen LogP contribution in [0.2, 0.25) is 0 Å². The molecular weight excluding hydrogens is 422 g/mol. The fourth-order valence-corrected chi connectivity index (χ4v) is 3.84. The molecule has 4 rings (SSSR count). The van der Waals surface area contributed by atoms with Crippen molar-refractivity contribution in [3.05, 3.63) is 40.0 Å². The van der Waals surface area contributed by atoms with E-state index in [1.54, 1.807) is 6.20 Å². The van der Waals surface area contributed by atoms with E-state index >= 15 is 0 Å². The number of nitrogens with one attached hydrogen (secondary N) is 2. The summed E-state index contributed by atoms with van der Waals surface area (Å²) in [6, 6.07) is 1.99. The van der Waals surface area contributed by atoms with Gasteiger partial charge in [0.15, 0.2) is 5.78 Å². The van der Waals surface area contributed by atoms with Gasteiger partial charge in [-0.3, -0.25) is 14.8 Å². The van der Waals surface area contributed by atoms with Crippen LogP contribution in [0.3, 0.4) is 0 Å². The number of Topliss-reactive ketones (excluding diaryl/α,β-unsaturated/α-hetero) is 1. The van der Waals surface area contributed by atoms with Gasteiger partial charge in [0.25, 0.3) is 0 Å². The second kappa shape index (κ2) is 7.76. The third-order valence-corrected chi connectivity index (χ3v) is 5.35. The first-order chi connectivity index (χ1) is 13.5. The normalized spacial score (nSPS) is 12.7. The maximum absolute atomic E-state index is 12.6. The van der Waals surface area contributed by atoms with E-state index in [0.717, 1.165) is 35.3 Å². The van der Waals surface area contributed by atoms with Gasteiger partial charge < -0.3 is 15.2 Å². The lowest BCUT2D eigenvalue weighted by Gasteiger charge is -2.08. The highest BCUT2D eigenvalue weighted by atomic mass is 79.9. The molecule has 1 aliphatic heterocycles. The van der Waals surface area contributed by atoms with Crippen molar-refractivity contribution in [2.45, 2.75) is 19.4 Å². The molecule has 1 aliphatic rings. The number of hydrogen-bond acceptors (Lipinski definition) is 7. The van der Waals surface area contributed by atoms with Gasteiger partial charge >= 0.3 is 0 Å². The lowest BCUT2D eigenvalue weighted by Crippen LogP contribution is -2.14. The number of carbonyl (C=O) groups is 1. The van der Waals surface area contributed by atoms with Gasteiger partial charge in [0.1, 0.15) is 17.8 Å². The number of carbonyl (C=O) groups excluding carboxylic acids is 1. The third kappa shape index (κ3) is 3.67. The molecule has 9 heteroatoms. The number of fused-ring (bicyclic) bond motifs is 2. The Kier molecular flexibility index (Phi) is 5.19. The number of halogens is 1. The van der Waals surface area contributed by atoms with Crippen molar-refractivity contribution in [3.8, 4) is 0 Å². The van der Waals surface area contributed by atoms with Gasteiger partial charge in [0.05, 0.1) is 39.7 Å². The fraction of sp³-hybridized carbons (Fsp3) is 0.316. The van der Waals surface area contributed by atoms with Crippen LogP contribution < -0.4 is 5.32 Å². The minimum Gasteiger partial charge on any atom is -0.338 e. The smallest absolute Gasteiger partial charge is 0.180 e. The van der Waals surface area contributed by atoms with Gasteiger partial charge in [-0.2, -0.15) is 0 Å². The second-order valence-electron chi connectivity index (χ2n) is 6.94. The lowest BCUT2D eigenvalue weighted by molar-refractivity contribution is 0.0972. The molecule has 0 amide bonds. The zero-order valence-corrected chi connectivity index (χ0v) is 17.2. The molecule has 0 radical (unpaired) electrons. The van der Waals surface area contributed by atoms with Gasteiger partial charge in [-0.1, -0.05) is 0 Å². The second-order valence-corrected chi connectivity index (χ2v) is 7.74. The first-order valence-electron chi connectivity index (χ1n) is 8.99. The maximum Gasteiger partial charge on any atom is 0.180 e. The minimum absolute atomic E-state index is 0.0492. The number of pyridine rings is 1. The number of anilines is 2. The molecule has 3 aromatic rings. The van der Waals surface area contributed by atoms with E-state index in [0.29, 0.717) is 34.6 Å². The van der Waals surface area contributed by atoms with Crippen LogP contribution in [-0.4, -0.2) is 57.5 Å². The monoisotopic (exact) mass is 441 g/mol. The fourth-order valence-electron chi connectivity index (χ4n) is 3.14. The zero-order valence-electron chi connectivity index (χ0n) is 15.7. The molecule has 3 aromatic heterocycles. The summed E-state index contributed by atoms with van der Waals surface area (Å²) in [5.41, 5.74) is 3.90. The standard InChI is InChI=1S/C19H20BrN7O/c1-27(2)5-3-4-14(28)17-16(20)15-18(23-10-24-19(15)26-17)25-12-6-11-7-21-9-13(11)22-8-12/h6-8,10H,3-5,9H2,1-2H3,(H2,23,24,25,26). The molecule has 28 heavy (non-hydrogen) atoms. The van der Waals surface area contributed by atoms with E-state index in [9.17, 15) is 4.79 Å². The number of nitrogens with zero attached hydrogens (tertiary/aromatic N) is 5. The van der Waals surface area contributed by atoms with E-state index in [1.807, 2.05) is 26.4 Å². The van der Waals surface area contributed by atoms with Gasteiger partial charge in [-0.25, -0.2) is 9.97 Å². The number of aliphatic imine (C=N–C) groups is 1. The summed E-state index contributed by atoms with van der Waals surface area (Å²) in [5.74, 6) is 0.658. The van der Waals surface area contributed by atoms with Crippen molar-refractivity contribution in [3.63, 3.8) is 0 Å². The van der Waals surface area contributed by atoms with E-state index in [-0.39, 0.29) is 5.78 Å². The molecule has 8 nitrogen and oxygen atoms in total. The molecule has 0 unspecified atom stereocenters. The predicted octanol–water partition coefficient (Wildman–Crippen LogP) is 3.32. The highest BCUT2D eigenvalue weighted by Crippen LogP contribution is 2.33. The molecule has 4 heterocycles. The number of H-pyrrole nitrogens is 1. The van der Waals surface area contributed by atoms with Gasteiger partial charge in [0, 0.05) is 18.2 Å². The Morgan fingerprint density at radius 3 is 3.00 bits per heavy atom. The Morgan fingerprint density at radius 1 is 1.32 bits per heavy atom. The van der Waals surface area contributed by atoms with Crippen molar-refractivity contribution in [1.82, 2.24) is 24.8 Å². The number of aromatic nitrogens is 4. The molecule has 0 bridgehead atoms. The van der Waals surface area contributed by atoms with E-state index < -0.39 is 0 Å². The summed E-state index contributed by atoms with van der Waals surface area (Å²) in [6.07, 6.45) is 6.31. The first kappa shape index (κ1) is 18.7. The Labute approximate surface area is 170 Å². The summed E-state index contributed by atoms with van der Waals surface area (Å²) in [7, 11) is 3.99. The van der Waals surface area contributed by atoms with Crippen LogP contribution in [0.4, 0.5) is 11.5 Å². The lowest BCUT2D eigenvalue weighted by atomic mass is 10.1. The molecule has 144 valence electrons. The van der Waals surface area contributed by atoms with E-state index in [4.69, 9.17) is 0 Å². The van der Waals surface area contributed by atoms with Gasteiger partial charge in [-0.05, 0) is 49.1 Å². The molecule has 0 saturated heterocycles. The molecule has 0 atom stereocenters. The number of aromatic amines is 1. The highest BCUT2D eigenvalue weighted by molar-refractivity contribution is 9.10. The summed E-state index contributed by atoms with van der Waals surface area (Å²) >= 11 is 3.57.